The monoisotopic (exact) mass is 211 g/mol. The van der Waals surface area contributed by atoms with Crippen molar-refractivity contribution < 1.29 is 14.7 Å². The third-order valence-corrected chi connectivity index (χ3v) is 4.22. The molecule has 2 aliphatic heterocycles. The molecule has 1 N–H and O–H groups in total. The van der Waals surface area contributed by atoms with E-state index in [0.717, 1.165) is 17.7 Å². The predicted octanol–water partition coefficient (Wildman–Crippen LogP) is 0.998. The second-order valence-corrected chi connectivity index (χ2v) is 5.05. The van der Waals surface area contributed by atoms with Crippen LogP contribution in [0.5, 0.6) is 0 Å². The molecule has 2 fully saturated rings. The highest BCUT2D eigenvalue weighted by molar-refractivity contribution is 8.04. The first-order valence-corrected chi connectivity index (χ1v) is 5.52. The van der Waals surface area contributed by atoms with Crippen LogP contribution in [-0.2, 0) is 9.59 Å². The number of thioether (sulfide) groups is 1. The van der Waals surface area contributed by atoms with Gasteiger partial charge in [0.05, 0.1) is 11.8 Å². The SMILES string of the molecule is O=C(O)C1=C(C2CC2)SC2CC(=O)N12. The molecule has 1 amide bonds. The fourth-order valence-electron chi connectivity index (χ4n) is 1.91. The van der Waals surface area contributed by atoms with Gasteiger partial charge in [0.2, 0.25) is 5.91 Å². The first-order chi connectivity index (χ1) is 6.68. The molecule has 0 spiro atoms. The summed E-state index contributed by atoms with van der Waals surface area (Å²) in [7, 11) is 0. The van der Waals surface area contributed by atoms with Crippen LogP contribution in [-0.4, -0.2) is 27.3 Å². The second kappa shape index (κ2) is 2.53. The zero-order valence-electron chi connectivity index (χ0n) is 7.40. The van der Waals surface area contributed by atoms with E-state index in [4.69, 9.17) is 5.11 Å². The maximum atomic E-state index is 11.2. The molecule has 4 nitrogen and oxygen atoms in total. The summed E-state index contributed by atoms with van der Waals surface area (Å²) < 4.78 is 0. The lowest BCUT2D eigenvalue weighted by molar-refractivity contribution is -0.145. The van der Waals surface area contributed by atoms with Crippen molar-refractivity contribution >= 4 is 23.6 Å². The average Bonchev–Trinajstić information content (AvgIpc) is 2.88. The van der Waals surface area contributed by atoms with E-state index in [1.165, 1.54) is 4.90 Å². The Morgan fingerprint density at radius 3 is 2.71 bits per heavy atom. The van der Waals surface area contributed by atoms with E-state index in [0.29, 0.717) is 12.3 Å². The Morgan fingerprint density at radius 1 is 1.50 bits per heavy atom. The summed E-state index contributed by atoms with van der Waals surface area (Å²) in [5.74, 6) is -0.574. The van der Waals surface area contributed by atoms with Crippen molar-refractivity contribution in [2.24, 2.45) is 5.92 Å². The third kappa shape index (κ3) is 0.958. The van der Waals surface area contributed by atoms with E-state index in [-0.39, 0.29) is 17.0 Å². The van der Waals surface area contributed by atoms with Gasteiger partial charge in [-0.3, -0.25) is 9.69 Å². The maximum Gasteiger partial charge on any atom is 0.353 e. The van der Waals surface area contributed by atoms with E-state index in [1.807, 2.05) is 0 Å². The average molecular weight is 211 g/mol. The third-order valence-electron chi connectivity index (χ3n) is 2.79. The summed E-state index contributed by atoms with van der Waals surface area (Å²) in [6.07, 6.45) is 2.65. The van der Waals surface area contributed by atoms with Crippen LogP contribution in [0.4, 0.5) is 0 Å². The molecule has 5 heteroatoms. The molecule has 1 unspecified atom stereocenters. The highest BCUT2D eigenvalue weighted by Crippen LogP contribution is 2.54. The van der Waals surface area contributed by atoms with Crippen molar-refractivity contribution in [3.8, 4) is 0 Å². The van der Waals surface area contributed by atoms with Crippen LogP contribution in [0.2, 0.25) is 0 Å². The minimum Gasteiger partial charge on any atom is -0.477 e. The predicted molar refractivity (Wildman–Crippen MR) is 50.2 cm³/mol. The molecule has 0 aromatic rings. The smallest absolute Gasteiger partial charge is 0.353 e. The minimum atomic E-state index is -0.949. The summed E-state index contributed by atoms with van der Waals surface area (Å²) >= 11 is 1.58. The second-order valence-electron chi connectivity index (χ2n) is 3.83. The molecule has 0 aromatic carbocycles. The zero-order chi connectivity index (χ0) is 9.87. The fourth-order valence-corrected chi connectivity index (χ4v) is 3.49. The molecule has 74 valence electrons. The van der Waals surface area contributed by atoms with Crippen molar-refractivity contribution in [3.63, 3.8) is 0 Å². The van der Waals surface area contributed by atoms with Gasteiger partial charge in [0, 0.05) is 4.91 Å². The molecule has 3 rings (SSSR count). The summed E-state index contributed by atoms with van der Waals surface area (Å²) in [5.41, 5.74) is 0.263. The van der Waals surface area contributed by atoms with Crippen molar-refractivity contribution in [1.82, 2.24) is 4.90 Å². The number of hydrogen-bond donors (Lipinski definition) is 1. The van der Waals surface area contributed by atoms with Crippen molar-refractivity contribution in [1.29, 1.82) is 0 Å². The largest absolute Gasteiger partial charge is 0.477 e. The summed E-state index contributed by atoms with van der Waals surface area (Å²) in [5, 5.41) is 9.12. The molecule has 0 bridgehead atoms. The number of carboxylic acid groups (broad SMARTS) is 1. The van der Waals surface area contributed by atoms with Gasteiger partial charge in [0.15, 0.2) is 0 Å². The number of rotatable bonds is 2. The number of allylic oxidation sites excluding steroid dienone is 1. The molecule has 2 heterocycles. The number of carboxylic acids is 1. The van der Waals surface area contributed by atoms with Crippen molar-refractivity contribution in [2.45, 2.75) is 24.6 Å². The molecular formula is C9H9NO3S. The van der Waals surface area contributed by atoms with Crippen LogP contribution in [0.25, 0.3) is 0 Å². The number of hydrogen-bond acceptors (Lipinski definition) is 3. The van der Waals surface area contributed by atoms with Crippen LogP contribution in [0.15, 0.2) is 10.6 Å². The standard InChI is InChI=1S/C9H9NO3S/c11-5-3-6-10(5)7(9(12)13)8(14-6)4-1-2-4/h4,6H,1-3H2,(H,12,13). The van der Waals surface area contributed by atoms with E-state index in [2.05, 4.69) is 0 Å². The quantitative estimate of drug-likeness (QED) is 0.692. The zero-order valence-corrected chi connectivity index (χ0v) is 8.21. The molecule has 1 saturated heterocycles. The normalized spacial score (nSPS) is 30.4. The van der Waals surface area contributed by atoms with Gasteiger partial charge in [0.25, 0.3) is 0 Å². The number of carbonyl (C=O) groups excluding carboxylic acids is 1. The lowest BCUT2D eigenvalue weighted by Crippen LogP contribution is -2.48. The molecule has 1 aliphatic carbocycles. The number of β-lactam (4-membered cyclic amide) rings is 1. The summed E-state index contributed by atoms with van der Waals surface area (Å²) in [6.45, 7) is 0. The highest BCUT2D eigenvalue weighted by atomic mass is 32.2. The number of amides is 1. The van der Waals surface area contributed by atoms with Gasteiger partial charge in [-0.15, -0.1) is 11.8 Å². The van der Waals surface area contributed by atoms with Crippen molar-refractivity contribution in [3.05, 3.63) is 10.6 Å². The number of fused-ring (bicyclic) bond motifs is 1. The minimum absolute atomic E-state index is 0.0458. The van der Waals surface area contributed by atoms with Crippen LogP contribution in [0, 0.1) is 5.92 Å². The molecule has 1 saturated carbocycles. The lowest BCUT2D eigenvalue weighted by atomic mass is 10.1. The van der Waals surface area contributed by atoms with Gasteiger partial charge >= 0.3 is 5.97 Å². The Hall–Kier alpha value is -0.970. The van der Waals surface area contributed by atoms with E-state index < -0.39 is 5.97 Å². The Labute approximate surface area is 85.0 Å². The lowest BCUT2D eigenvalue weighted by Gasteiger charge is -2.33. The van der Waals surface area contributed by atoms with Gasteiger partial charge in [-0.1, -0.05) is 0 Å². The molecule has 0 aromatic heterocycles. The van der Waals surface area contributed by atoms with Gasteiger partial charge < -0.3 is 5.11 Å². The van der Waals surface area contributed by atoms with Crippen LogP contribution in [0.3, 0.4) is 0 Å². The summed E-state index contributed by atoms with van der Waals surface area (Å²) in [6, 6.07) is 0. The Balaban J connectivity index is 2.00. The number of aliphatic carboxylic acids is 1. The topological polar surface area (TPSA) is 57.6 Å². The molecule has 3 aliphatic rings. The highest BCUT2D eigenvalue weighted by Gasteiger charge is 2.51. The van der Waals surface area contributed by atoms with E-state index in [9.17, 15) is 9.59 Å². The van der Waals surface area contributed by atoms with Crippen LogP contribution in [0.1, 0.15) is 19.3 Å². The van der Waals surface area contributed by atoms with Crippen LogP contribution >= 0.6 is 11.8 Å². The first-order valence-electron chi connectivity index (χ1n) is 4.64. The fraction of sp³-hybridized carbons (Fsp3) is 0.556. The Morgan fingerprint density at radius 2 is 2.21 bits per heavy atom. The first kappa shape index (κ1) is 8.35. The molecular weight excluding hydrogens is 202 g/mol. The number of carbonyl (C=O) groups is 2. The Kier molecular flexibility index (Phi) is 1.51. The maximum absolute atomic E-state index is 11.2. The van der Waals surface area contributed by atoms with Gasteiger partial charge in [-0.05, 0) is 18.8 Å². The Bertz CT molecular complexity index is 372. The molecule has 0 radical (unpaired) electrons. The van der Waals surface area contributed by atoms with Gasteiger partial charge in [0.1, 0.15) is 5.70 Å². The van der Waals surface area contributed by atoms with E-state index >= 15 is 0 Å². The van der Waals surface area contributed by atoms with Gasteiger partial charge in [-0.25, -0.2) is 4.79 Å². The molecule has 1 atom stereocenters. The number of nitrogens with zero attached hydrogens (tertiary/aromatic N) is 1. The molecule has 14 heavy (non-hydrogen) atoms. The summed E-state index contributed by atoms with van der Waals surface area (Å²) in [4.78, 5) is 24.6. The van der Waals surface area contributed by atoms with Crippen LogP contribution < -0.4 is 0 Å². The van der Waals surface area contributed by atoms with E-state index in [1.54, 1.807) is 11.8 Å². The van der Waals surface area contributed by atoms with Gasteiger partial charge in [-0.2, -0.15) is 0 Å². The van der Waals surface area contributed by atoms with Crippen molar-refractivity contribution in [2.75, 3.05) is 0 Å².